The Labute approximate surface area is 122 Å². The molecule has 2 aromatic carbocycles. The Hall–Kier alpha value is -3.00. The lowest BCUT2D eigenvalue weighted by atomic mass is 10.1. The zero-order chi connectivity index (χ0) is 14.8. The third-order valence-corrected chi connectivity index (χ3v) is 3.38. The number of hydrogen-bond acceptors (Lipinski definition) is 4. The number of anilines is 1. The minimum absolute atomic E-state index is 0.445. The predicted molar refractivity (Wildman–Crippen MR) is 81.0 cm³/mol. The van der Waals surface area contributed by atoms with E-state index >= 15 is 0 Å². The normalized spacial score (nSPS) is 10.5. The number of nitrogens with two attached hydrogens (primary N) is 1. The van der Waals surface area contributed by atoms with Crippen molar-refractivity contribution in [2.75, 3.05) is 12.8 Å². The van der Waals surface area contributed by atoms with Gasteiger partial charge in [-0.15, -0.1) is 0 Å². The number of hydrogen-bond donors (Lipinski definition) is 1. The second kappa shape index (κ2) is 5.17. The summed E-state index contributed by atoms with van der Waals surface area (Å²) in [4.78, 5) is 4.36. The van der Waals surface area contributed by atoms with Crippen LogP contribution < -0.4 is 10.5 Å². The van der Waals surface area contributed by atoms with Crippen molar-refractivity contribution in [3.8, 4) is 11.8 Å². The van der Waals surface area contributed by atoms with Crippen molar-refractivity contribution in [1.29, 1.82) is 5.26 Å². The zero-order valence-electron chi connectivity index (χ0n) is 11.6. The molecule has 1 aromatic heterocycles. The molecule has 0 fully saturated rings. The van der Waals surface area contributed by atoms with E-state index in [-0.39, 0.29) is 0 Å². The first-order valence-electron chi connectivity index (χ1n) is 6.50. The van der Waals surface area contributed by atoms with Gasteiger partial charge in [-0.05, 0) is 29.8 Å². The number of aromatic nitrogens is 2. The van der Waals surface area contributed by atoms with Crippen LogP contribution in [0.3, 0.4) is 0 Å². The third kappa shape index (κ3) is 2.39. The molecule has 0 aliphatic carbocycles. The molecule has 0 unspecified atom stereocenters. The summed E-state index contributed by atoms with van der Waals surface area (Å²) >= 11 is 0. The average Bonchev–Trinajstić information content (AvgIpc) is 2.82. The maximum absolute atomic E-state index is 8.96. The first-order valence-corrected chi connectivity index (χ1v) is 6.50. The molecule has 5 nitrogen and oxygen atoms in total. The van der Waals surface area contributed by atoms with Gasteiger partial charge in [-0.3, -0.25) is 0 Å². The monoisotopic (exact) mass is 278 g/mol. The van der Waals surface area contributed by atoms with E-state index in [4.69, 9.17) is 15.7 Å². The Morgan fingerprint density at radius 2 is 2.14 bits per heavy atom. The molecular weight excluding hydrogens is 264 g/mol. The summed E-state index contributed by atoms with van der Waals surface area (Å²) in [5.41, 5.74) is 9.39. The summed E-state index contributed by atoms with van der Waals surface area (Å²) in [6, 6.07) is 15.3. The Balaban J connectivity index is 2.04. The van der Waals surface area contributed by atoms with Crippen LogP contribution in [0.5, 0.6) is 5.75 Å². The quantitative estimate of drug-likeness (QED) is 0.798. The molecule has 0 aliphatic rings. The lowest BCUT2D eigenvalue weighted by Crippen LogP contribution is -2.04. The van der Waals surface area contributed by atoms with E-state index in [2.05, 4.69) is 11.1 Å². The fraction of sp³-hybridized carbons (Fsp3) is 0.125. The molecule has 3 aromatic rings. The summed E-state index contributed by atoms with van der Waals surface area (Å²) in [7, 11) is 1.62. The minimum Gasteiger partial charge on any atom is -0.497 e. The second-order valence-electron chi connectivity index (χ2n) is 4.72. The Morgan fingerprint density at radius 3 is 2.90 bits per heavy atom. The average molecular weight is 278 g/mol. The van der Waals surface area contributed by atoms with E-state index in [0.29, 0.717) is 18.1 Å². The van der Waals surface area contributed by atoms with Crippen molar-refractivity contribution in [1.82, 2.24) is 9.55 Å². The van der Waals surface area contributed by atoms with Crippen molar-refractivity contribution in [2.24, 2.45) is 0 Å². The van der Waals surface area contributed by atoms with Crippen LogP contribution in [0.15, 0.2) is 42.5 Å². The van der Waals surface area contributed by atoms with Crippen LogP contribution in [0.2, 0.25) is 0 Å². The lowest BCUT2D eigenvalue weighted by Gasteiger charge is -2.07. The van der Waals surface area contributed by atoms with Gasteiger partial charge in [-0.1, -0.05) is 12.1 Å². The van der Waals surface area contributed by atoms with Gasteiger partial charge in [0.2, 0.25) is 5.95 Å². The molecule has 0 aliphatic heterocycles. The second-order valence-corrected chi connectivity index (χ2v) is 4.72. The highest BCUT2D eigenvalue weighted by atomic mass is 16.5. The number of methoxy groups -OCH3 is 1. The summed E-state index contributed by atoms with van der Waals surface area (Å²) in [5.74, 6) is 1.19. The van der Waals surface area contributed by atoms with Crippen molar-refractivity contribution >= 4 is 17.0 Å². The number of rotatable bonds is 3. The third-order valence-electron chi connectivity index (χ3n) is 3.38. The van der Waals surface area contributed by atoms with Gasteiger partial charge in [-0.25, -0.2) is 4.98 Å². The highest BCUT2D eigenvalue weighted by Crippen LogP contribution is 2.23. The van der Waals surface area contributed by atoms with Crippen LogP contribution in [-0.4, -0.2) is 16.7 Å². The molecule has 0 spiro atoms. The Morgan fingerprint density at radius 1 is 1.29 bits per heavy atom. The van der Waals surface area contributed by atoms with Crippen LogP contribution in [0.25, 0.3) is 11.0 Å². The van der Waals surface area contributed by atoms with Gasteiger partial charge in [0.15, 0.2) is 0 Å². The number of nitrogen functional groups attached to an aromatic ring is 1. The van der Waals surface area contributed by atoms with Gasteiger partial charge in [0.25, 0.3) is 0 Å². The number of nitrogens with zero attached hydrogens (tertiary/aromatic N) is 3. The summed E-state index contributed by atoms with van der Waals surface area (Å²) in [6.07, 6.45) is 0. The molecule has 0 atom stereocenters. The van der Waals surface area contributed by atoms with Gasteiger partial charge in [-0.2, -0.15) is 5.26 Å². The molecule has 5 heteroatoms. The van der Waals surface area contributed by atoms with Gasteiger partial charge in [0, 0.05) is 6.07 Å². The summed E-state index contributed by atoms with van der Waals surface area (Å²) < 4.78 is 7.12. The van der Waals surface area contributed by atoms with E-state index < -0.39 is 0 Å². The fourth-order valence-corrected chi connectivity index (χ4v) is 2.34. The number of imidazole rings is 1. The first-order chi connectivity index (χ1) is 10.2. The standard InChI is InChI=1S/C16H14N4O/c1-21-13-5-6-15-14(8-13)19-16(18)20(15)10-12-4-2-3-11(7-12)9-17/h2-8H,10H2,1H3,(H2,18,19). The molecule has 2 N–H and O–H groups in total. The summed E-state index contributed by atoms with van der Waals surface area (Å²) in [5, 5.41) is 8.96. The van der Waals surface area contributed by atoms with Crippen LogP contribution in [0.1, 0.15) is 11.1 Å². The molecule has 0 saturated heterocycles. The molecule has 3 rings (SSSR count). The molecule has 0 radical (unpaired) electrons. The van der Waals surface area contributed by atoms with Gasteiger partial charge < -0.3 is 15.0 Å². The topological polar surface area (TPSA) is 76.9 Å². The number of ether oxygens (including phenoxy) is 1. The molecular formula is C16H14N4O. The molecule has 0 bridgehead atoms. The highest BCUT2D eigenvalue weighted by Gasteiger charge is 2.09. The zero-order valence-corrected chi connectivity index (χ0v) is 11.6. The van der Waals surface area contributed by atoms with Crippen LogP contribution >= 0.6 is 0 Å². The fourth-order valence-electron chi connectivity index (χ4n) is 2.34. The maximum atomic E-state index is 8.96. The van der Waals surface area contributed by atoms with E-state index in [9.17, 15) is 0 Å². The molecule has 1 heterocycles. The lowest BCUT2D eigenvalue weighted by molar-refractivity contribution is 0.415. The highest BCUT2D eigenvalue weighted by molar-refractivity contribution is 5.80. The first kappa shape index (κ1) is 13.0. The predicted octanol–water partition coefficient (Wildman–Crippen LogP) is 2.55. The summed E-state index contributed by atoms with van der Waals surface area (Å²) in [6.45, 7) is 0.574. The van der Waals surface area contributed by atoms with Crippen LogP contribution in [-0.2, 0) is 6.54 Å². The molecule has 21 heavy (non-hydrogen) atoms. The minimum atomic E-state index is 0.445. The van der Waals surface area contributed by atoms with Crippen molar-refractivity contribution in [2.45, 2.75) is 6.54 Å². The Kier molecular flexibility index (Phi) is 3.20. The molecule has 0 saturated carbocycles. The van der Waals surface area contributed by atoms with E-state index in [1.165, 1.54) is 0 Å². The number of nitriles is 1. The molecule has 0 amide bonds. The van der Waals surface area contributed by atoms with Crippen molar-refractivity contribution < 1.29 is 4.74 Å². The van der Waals surface area contributed by atoms with Gasteiger partial charge in [0.05, 0.1) is 36.3 Å². The Bertz CT molecular complexity index is 845. The number of benzene rings is 2. The van der Waals surface area contributed by atoms with Gasteiger partial charge in [0.1, 0.15) is 5.75 Å². The number of fused-ring (bicyclic) bond motifs is 1. The van der Waals surface area contributed by atoms with E-state index in [1.807, 2.05) is 41.0 Å². The van der Waals surface area contributed by atoms with Gasteiger partial charge >= 0.3 is 0 Å². The van der Waals surface area contributed by atoms with E-state index in [1.54, 1.807) is 13.2 Å². The van der Waals surface area contributed by atoms with Crippen LogP contribution in [0, 0.1) is 11.3 Å². The van der Waals surface area contributed by atoms with Crippen molar-refractivity contribution in [3.63, 3.8) is 0 Å². The van der Waals surface area contributed by atoms with E-state index in [0.717, 1.165) is 22.3 Å². The van der Waals surface area contributed by atoms with Crippen molar-refractivity contribution in [3.05, 3.63) is 53.6 Å². The SMILES string of the molecule is COc1ccc2c(c1)nc(N)n2Cc1cccc(C#N)c1. The maximum Gasteiger partial charge on any atom is 0.201 e. The smallest absolute Gasteiger partial charge is 0.201 e. The van der Waals surface area contributed by atoms with Crippen LogP contribution in [0.4, 0.5) is 5.95 Å². The largest absolute Gasteiger partial charge is 0.497 e. The molecule has 104 valence electrons.